The quantitative estimate of drug-likeness (QED) is 0.713. The van der Waals surface area contributed by atoms with Crippen molar-refractivity contribution < 1.29 is 14.9 Å². The smallest absolute Gasteiger partial charge is 0.229 e. The van der Waals surface area contributed by atoms with E-state index in [9.17, 15) is 10.2 Å². The van der Waals surface area contributed by atoms with E-state index in [0.717, 1.165) is 43.1 Å². The van der Waals surface area contributed by atoms with Crippen LogP contribution in [0.5, 0.6) is 5.75 Å². The molecular weight excluding hydrogens is 344 g/mol. The average Bonchev–Trinajstić information content (AvgIpc) is 3.31. The van der Waals surface area contributed by atoms with Crippen molar-refractivity contribution in [3.05, 3.63) is 36.0 Å². The molecular formula is C20H24N4O3. The van der Waals surface area contributed by atoms with Gasteiger partial charge in [-0.25, -0.2) is 4.98 Å². The summed E-state index contributed by atoms with van der Waals surface area (Å²) in [6.07, 6.45) is 2.34. The Bertz CT molecular complexity index is 859. The number of hydrogen-bond acceptors (Lipinski definition) is 7. The number of aliphatic hydroxyl groups is 1. The van der Waals surface area contributed by atoms with Gasteiger partial charge in [0, 0.05) is 49.0 Å². The van der Waals surface area contributed by atoms with Crippen molar-refractivity contribution in [3.63, 3.8) is 0 Å². The number of hydrogen-bond donors (Lipinski definition) is 3. The van der Waals surface area contributed by atoms with E-state index in [2.05, 4.69) is 15.2 Å². The molecule has 3 aliphatic rings. The number of rotatable bonds is 4. The summed E-state index contributed by atoms with van der Waals surface area (Å²) < 4.78 is 6.32. The van der Waals surface area contributed by atoms with E-state index >= 15 is 0 Å². The Hall–Kier alpha value is -2.38. The van der Waals surface area contributed by atoms with E-state index in [1.165, 1.54) is 0 Å². The van der Waals surface area contributed by atoms with Crippen molar-refractivity contribution in [2.24, 2.45) is 11.8 Å². The summed E-state index contributed by atoms with van der Waals surface area (Å²) in [5, 5.41) is 22.4. The molecule has 1 spiro atoms. The third-order valence-corrected chi connectivity index (χ3v) is 6.28. The maximum atomic E-state index is 9.81. The standard InChI is InChI=1S/C20H24N4O3/c1-12-8-18(23-19(21-12)22-13-2-4-14(26)5-3-13)24-9-16-15(10-25)17-6-7-20(16,11-24)27-17/h2-5,8,15-17,25-26H,6-7,9-11H2,1H3,(H,21,22,23)/t15-,16+,17+,20+/m1/s1. The second-order valence-electron chi connectivity index (χ2n) is 7.96. The fourth-order valence-corrected chi connectivity index (χ4v) is 5.05. The second kappa shape index (κ2) is 6.07. The number of nitrogens with zero attached hydrogens (tertiary/aromatic N) is 3. The third-order valence-electron chi connectivity index (χ3n) is 6.28. The van der Waals surface area contributed by atoms with Gasteiger partial charge in [0.2, 0.25) is 5.95 Å². The Balaban J connectivity index is 1.40. The normalized spacial score (nSPS) is 31.3. The summed E-state index contributed by atoms with van der Waals surface area (Å²) in [6, 6.07) is 8.84. The number of benzene rings is 1. The van der Waals surface area contributed by atoms with Gasteiger partial charge in [0.1, 0.15) is 11.6 Å². The zero-order valence-electron chi connectivity index (χ0n) is 15.3. The van der Waals surface area contributed by atoms with Crippen LogP contribution >= 0.6 is 0 Å². The predicted octanol–water partition coefficient (Wildman–Crippen LogP) is 2.21. The van der Waals surface area contributed by atoms with Crippen LogP contribution in [0.3, 0.4) is 0 Å². The van der Waals surface area contributed by atoms with Crippen molar-refractivity contribution in [3.8, 4) is 5.75 Å². The van der Waals surface area contributed by atoms with E-state index < -0.39 is 0 Å². The zero-order chi connectivity index (χ0) is 18.6. The van der Waals surface area contributed by atoms with E-state index in [1.54, 1.807) is 24.3 Å². The lowest BCUT2D eigenvalue weighted by Crippen LogP contribution is -2.37. The molecule has 4 atom stereocenters. The van der Waals surface area contributed by atoms with Gasteiger partial charge >= 0.3 is 0 Å². The third kappa shape index (κ3) is 2.73. The number of anilines is 3. The Kier molecular flexibility index (Phi) is 3.77. The largest absolute Gasteiger partial charge is 0.508 e. The summed E-state index contributed by atoms with van der Waals surface area (Å²) in [7, 11) is 0. The molecule has 1 aromatic heterocycles. The molecule has 0 unspecified atom stereocenters. The van der Waals surface area contributed by atoms with Crippen molar-refractivity contribution in [2.75, 3.05) is 29.9 Å². The first-order valence-corrected chi connectivity index (χ1v) is 9.52. The van der Waals surface area contributed by atoms with Crippen LogP contribution in [0.1, 0.15) is 18.5 Å². The van der Waals surface area contributed by atoms with Gasteiger partial charge in [0.05, 0.1) is 11.7 Å². The second-order valence-corrected chi connectivity index (χ2v) is 7.96. The summed E-state index contributed by atoms with van der Waals surface area (Å²) in [5.41, 5.74) is 1.59. The van der Waals surface area contributed by atoms with Crippen molar-refractivity contribution >= 4 is 17.5 Å². The maximum absolute atomic E-state index is 9.81. The van der Waals surface area contributed by atoms with Crippen LogP contribution in [-0.2, 0) is 4.74 Å². The number of phenolic OH excluding ortho intramolecular Hbond substituents is 1. The zero-order valence-corrected chi connectivity index (χ0v) is 15.3. The first-order valence-electron chi connectivity index (χ1n) is 9.52. The Morgan fingerprint density at radius 3 is 2.89 bits per heavy atom. The molecule has 7 nitrogen and oxygen atoms in total. The lowest BCUT2D eigenvalue weighted by atomic mass is 9.74. The van der Waals surface area contributed by atoms with Crippen LogP contribution in [0.25, 0.3) is 0 Å². The molecule has 7 heteroatoms. The number of ether oxygens (including phenoxy) is 1. The van der Waals surface area contributed by atoms with E-state index in [1.807, 2.05) is 13.0 Å². The molecule has 3 aliphatic heterocycles. The van der Waals surface area contributed by atoms with Crippen LogP contribution in [0.15, 0.2) is 30.3 Å². The molecule has 1 aromatic carbocycles. The molecule has 0 aliphatic carbocycles. The maximum Gasteiger partial charge on any atom is 0.229 e. The van der Waals surface area contributed by atoms with Crippen LogP contribution in [-0.4, -0.2) is 51.6 Å². The van der Waals surface area contributed by atoms with Crippen molar-refractivity contribution in [1.82, 2.24) is 9.97 Å². The number of aliphatic hydroxyl groups excluding tert-OH is 1. The van der Waals surface area contributed by atoms with Gasteiger partial charge < -0.3 is 25.2 Å². The number of aryl methyl sites for hydroxylation is 1. The molecule has 0 amide bonds. The van der Waals surface area contributed by atoms with Gasteiger partial charge in [0.25, 0.3) is 0 Å². The van der Waals surface area contributed by atoms with Crippen molar-refractivity contribution in [1.29, 1.82) is 0 Å². The minimum absolute atomic E-state index is 0.124. The highest BCUT2D eigenvalue weighted by molar-refractivity contribution is 5.57. The highest BCUT2D eigenvalue weighted by Gasteiger charge is 2.62. The molecule has 142 valence electrons. The lowest BCUT2D eigenvalue weighted by Gasteiger charge is -2.27. The van der Waals surface area contributed by atoms with Crippen LogP contribution in [0.2, 0.25) is 0 Å². The molecule has 2 bridgehead atoms. The molecule has 3 fully saturated rings. The molecule has 0 saturated carbocycles. The fourth-order valence-electron chi connectivity index (χ4n) is 5.05. The fraction of sp³-hybridized carbons (Fsp3) is 0.500. The van der Waals surface area contributed by atoms with Crippen molar-refractivity contribution in [2.45, 2.75) is 31.5 Å². The number of fused-ring (bicyclic) bond motifs is 1. The van der Waals surface area contributed by atoms with Gasteiger partial charge in [-0.2, -0.15) is 4.98 Å². The Morgan fingerprint density at radius 1 is 1.30 bits per heavy atom. The van der Waals surface area contributed by atoms with Gasteiger partial charge in [0.15, 0.2) is 0 Å². The van der Waals surface area contributed by atoms with E-state index in [4.69, 9.17) is 9.72 Å². The van der Waals surface area contributed by atoms with Crippen LogP contribution < -0.4 is 10.2 Å². The van der Waals surface area contributed by atoms with Gasteiger partial charge in [-0.15, -0.1) is 0 Å². The molecule has 2 aromatic rings. The lowest BCUT2D eigenvalue weighted by molar-refractivity contribution is 0.0128. The molecule has 27 heavy (non-hydrogen) atoms. The number of phenols is 1. The molecule has 3 saturated heterocycles. The average molecular weight is 368 g/mol. The Labute approximate surface area is 158 Å². The monoisotopic (exact) mass is 368 g/mol. The number of nitrogens with one attached hydrogen (secondary N) is 1. The molecule has 5 rings (SSSR count). The first-order chi connectivity index (χ1) is 13.1. The summed E-state index contributed by atoms with van der Waals surface area (Å²) >= 11 is 0. The molecule has 3 N–H and O–H groups in total. The number of aromatic hydroxyl groups is 1. The molecule has 0 radical (unpaired) electrons. The van der Waals surface area contributed by atoms with Gasteiger partial charge in [-0.05, 0) is 44.0 Å². The number of aromatic nitrogens is 2. The topological polar surface area (TPSA) is 90.7 Å². The first kappa shape index (κ1) is 16.8. The van der Waals surface area contributed by atoms with E-state index in [-0.39, 0.29) is 30.0 Å². The summed E-state index contributed by atoms with van der Waals surface area (Å²) in [5.74, 6) is 2.25. The van der Waals surface area contributed by atoms with Gasteiger partial charge in [-0.1, -0.05) is 0 Å². The summed E-state index contributed by atoms with van der Waals surface area (Å²) in [6.45, 7) is 3.83. The van der Waals surface area contributed by atoms with E-state index in [0.29, 0.717) is 11.9 Å². The highest BCUT2D eigenvalue weighted by atomic mass is 16.5. The minimum Gasteiger partial charge on any atom is -0.508 e. The van der Waals surface area contributed by atoms with Crippen LogP contribution in [0.4, 0.5) is 17.5 Å². The highest BCUT2D eigenvalue weighted by Crippen LogP contribution is 2.55. The summed E-state index contributed by atoms with van der Waals surface area (Å²) in [4.78, 5) is 11.5. The Morgan fingerprint density at radius 2 is 2.11 bits per heavy atom. The van der Waals surface area contributed by atoms with Crippen LogP contribution in [0, 0.1) is 18.8 Å². The predicted molar refractivity (Wildman–Crippen MR) is 101 cm³/mol. The molecule has 4 heterocycles. The SMILES string of the molecule is Cc1cc(N2C[C@H]3[C@@H](CO)[C@@H]4CC[C@@]3(C2)O4)nc(Nc2ccc(O)cc2)n1. The van der Waals surface area contributed by atoms with Gasteiger partial charge in [-0.3, -0.25) is 0 Å². The minimum atomic E-state index is -0.124.